The Labute approximate surface area is 160 Å². The number of carboxylic acids is 1. The van der Waals surface area contributed by atoms with Gasteiger partial charge in [0.05, 0.1) is 12.5 Å². The molecule has 1 fully saturated rings. The zero-order valence-electron chi connectivity index (χ0n) is 16.1. The molecule has 1 amide bonds. The average molecular weight is 375 g/mol. The van der Waals surface area contributed by atoms with Crippen molar-refractivity contribution in [2.24, 2.45) is 11.8 Å². The Hall–Kier alpha value is -2.37. The monoisotopic (exact) mass is 375 g/mol. The quantitative estimate of drug-likeness (QED) is 0.671. The van der Waals surface area contributed by atoms with Crippen molar-refractivity contribution in [3.8, 4) is 0 Å². The van der Waals surface area contributed by atoms with Gasteiger partial charge in [-0.1, -0.05) is 37.3 Å². The first-order valence-electron chi connectivity index (χ1n) is 9.67. The molecule has 3 atom stereocenters. The van der Waals surface area contributed by atoms with Gasteiger partial charge in [0.25, 0.3) is 0 Å². The third-order valence-electron chi connectivity index (χ3n) is 5.12. The van der Waals surface area contributed by atoms with Crippen LogP contribution in [0, 0.1) is 11.8 Å². The zero-order chi connectivity index (χ0) is 19.8. The smallest absolute Gasteiger partial charge is 0.326 e. The third-order valence-corrected chi connectivity index (χ3v) is 5.12. The summed E-state index contributed by atoms with van der Waals surface area (Å²) in [6.07, 6.45) is 2.89. The minimum Gasteiger partial charge on any atom is -0.480 e. The maximum Gasteiger partial charge on any atom is 0.326 e. The predicted octanol–water partition coefficient (Wildman–Crippen LogP) is 2.90. The summed E-state index contributed by atoms with van der Waals surface area (Å²) < 4.78 is 5.20. The minimum absolute atomic E-state index is 0.186. The van der Waals surface area contributed by atoms with E-state index in [9.17, 15) is 19.5 Å². The summed E-state index contributed by atoms with van der Waals surface area (Å²) in [6.45, 7) is 4.31. The lowest BCUT2D eigenvalue weighted by molar-refractivity contribution is -0.152. The highest BCUT2D eigenvalue weighted by Crippen LogP contribution is 2.25. The highest BCUT2D eigenvalue weighted by Gasteiger charge is 2.37. The largest absolute Gasteiger partial charge is 0.480 e. The molecule has 0 aromatic heterocycles. The summed E-state index contributed by atoms with van der Waals surface area (Å²) in [5, 5.41) is 9.30. The van der Waals surface area contributed by atoms with Crippen LogP contribution in [0.15, 0.2) is 30.3 Å². The van der Waals surface area contributed by atoms with Crippen LogP contribution in [0.5, 0.6) is 0 Å². The van der Waals surface area contributed by atoms with Crippen molar-refractivity contribution in [3.05, 3.63) is 35.9 Å². The Morgan fingerprint density at radius 1 is 1.26 bits per heavy atom. The van der Waals surface area contributed by atoms with E-state index in [1.807, 2.05) is 30.3 Å². The van der Waals surface area contributed by atoms with E-state index in [0.717, 1.165) is 12.0 Å². The van der Waals surface area contributed by atoms with Gasteiger partial charge in [0.15, 0.2) is 0 Å². The summed E-state index contributed by atoms with van der Waals surface area (Å²) in [4.78, 5) is 37.9. The van der Waals surface area contributed by atoms with E-state index in [4.69, 9.17) is 4.74 Å². The molecule has 0 bridgehead atoms. The van der Waals surface area contributed by atoms with Crippen LogP contribution in [0.25, 0.3) is 0 Å². The van der Waals surface area contributed by atoms with Gasteiger partial charge in [0.1, 0.15) is 6.04 Å². The maximum atomic E-state index is 12.8. The average Bonchev–Trinajstić information content (AvgIpc) is 3.15. The fraction of sp³-hybridized carbons (Fsp3) is 0.571. The number of ether oxygens (including phenoxy) is 1. The van der Waals surface area contributed by atoms with E-state index in [1.165, 1.54) is 4.90 Å². The number of aryl methyl sites for hydroxylation is 1. The number of aliphatic carboxylic acids is 1. The van der Waals surface area contributed by atoms with Gasteiger partial charge in [-0.25, -0.2) is 4.79 Å². The molecule has 6 heteroatoms. The number of esters is 1. The number of hydrogen-bond acceptors (Lipinski definition) is 4. The molecule has 1 aliphatic heterocycles. The van der Waals surface area contributed by atoms with Gasteiger partial charge in [-0.05, 0) is 44.6 Å². The van der Waals surface area contributed by atoms with E-state index in [-0.39, 0.29) is 17.8 Å². The van der Waals surface area contributed by atoms with Gasteiger partial charge in [-0.3, -0.25) is 9.59 Å². The fourth-order valence-corrected chi connectivity index (χ4v) is 3.68. The predicted molar refractivity (Wildman–Crippen MR) is 101 cm³/mol. The molecule has 0 spiro atoms. The number of benzene rings is 1. The number of carbonyl (C=O) groups excluding carboxylic acids is 2. The Kier molecular flexibility index (Phi) is 7.82. The molecule has 1 saturated heterocycles. The molecule has 0 aliphatic carbocycles. The molecule has 27 heavy (non-hydrogen) atoms. The van der Waals surface area contributed by atoms with Crippen LogP contribution in [0.3, 0.4) is 0 Å². The first-order chi connectivity index (χ1) is 12.9. The number of rotatable bonds is 9. The molecule has 1 aromatic rings. The number of carbonyl (C=O) groups is 3. The fourth-order valence-electron chi connectivity index (χ4n) is 3.68. The van der Waals surface area contributed by atoms with Crippen LogP contribution >= 0.6 is 0 Å². The number of amides is 1. The molecular formula is C21H29NO5. The molecule has 0 saturated carbocycles. The second-order valence-electron chi connectivity index (χ2n) is 7.14. The van der Waals surface area contributed by atoms with Crippen LogP contribution in [-0.4, -0.2) is 47.0 Å². The minimum atomic E-state index is -0.959. The van der Waals surface area contributed by atoms with E-state index in [0.29, 0.717) is 38.8 Å². The molecule has 1 N–H and O–H groups in total. The summed E-state index contributed by atoms with van der Waals surface area (Å²) in [5.74, 6) is -2.23. The molecule has 0 radical (unpaired) electrons. The lowest BCUT2D eigenvalue weighted by atomic mass is 9.89. The Morgan fingerprint density at radius 2 is 1.96 bits per heavy atom. The first-order valence-corrected chi connectivity index (χ1v) is 9.67. The van der Waals surface area contributed by atoms with E-state index in [1.54, 1.807) is 13.8 Å². The van der Waals surface area contributed by atoms with Crippen LogP contribution in [-0.2, 0) is 25.5 Å². The standard InChI is InChI=1S/C21H29NO5/c1-3-27-21(26)17(12-11-16-8-5-4-6-9-16)14-15(2)19(23)22-13-7-10-18(22)20(24)25/h4-6,8-9,15,17-18H,3,7,10-14H2,1-2H3,(H,24,25)/t15-,17-,18+/m1/s1. The number of likely N-dealkylation sites (tertiary alicyclic amines) is 1. The van der Waals surface area contributed by atoms with Gasteiger partial charge >= 0.3 is 11.9 Å². The molecule has 1 aromatic carbocycles. The van der Waals surface area contributed by atoms with Gasteiger partial charge in [-0.2, -0.15) is 0 Å². The summed E-state index contributed by atoms with van der Waals surface area (Å²) in [6, 6.07) is 9.14. The van der Waals surface area contributed by atoms with Gasteiger partial charge in [-0.15, -0.1) is 0 Å². The van der Waals surface area contributed by atoms with Crippen LogP contribution < -0.4 is 0 Å². The SMILES string of the molecule is CCOC(=O)[C@H](CCc1ccccc1)C[C@@H](C)C(=O)N1CCC[C@H]1C(=O)O. The van der Waals surface area contributed by atoms with Crippen LogP contribution in [0.4, 0.5) is 0 Å². The third kappa shape index (κ3) is 5.81. The maximum absolute atomic E-state index is 12.8. The lowest BCUT2D eigenvalue weighted by Crippen LogP contribution is -2.43. The normalized spacial score (nSPS) is 18.7. The second-order valence-corrected chi connectivity index (χ2v) is 7.14. The Morgan fingerprint density at radius 3 is 2.59 bits per heavy atom. The van der Waals surface area contributed by atoms with Crippen molar-refractivity contribution in [2.75, 3.05) is 13.2 Å². The topological polar surface area (TPSA) is 83.9 Å². The van der Waals surface area contributed by atoms with Gasteiger partial charge < -0.3 is 14.7 Å². The molecule has 6 nitrogen and oxygen atoms in total. The Bertz CT molecular complexity index is 645. The van der Waals surface area contributed by atoms with Crippen molar-refractivity contribution < 1.29 is 24.2 Å². The van der Waals surface area contributed by atoms with Crippen molar-refractivity contribution in [1.82, 2.24) is 4.90 Å². The zero-order valence-corrected chi connectivity index (χ0v) is 16.1. The number of carboxylic acid groups (broad SMARTS) is 1. The summed E-state index contributed by atoms with van der Waals surface area (Å²) in [7, 11) is 0. The highest BCUT2D eigenvalue weighted by atomic mass is 16.5. The Balaban J connectivity index is 2.01. The number of nitrogens with zero attached hydrogens (tertiary/aromatic N) is 1. The first kappa shape index (κ1) is 20.9. The van der Waals surface area contributed by atoms with Crippen LogP contribution in [0.2, 0.25) is 0 Å². The molecule has 1 aliphatic rings. The van der Waals surface area contributed by atoms with Gasteiger partial charge in [0.2, 0.25) is 5.91 Å². The molecule has 148 valence electrons. The van der Waals surface area contributed by atoms with Crippen molar-refractivity contribution in [1.29, 1.82) is 0 Å². The number of hydrogen-bond donors (Lipinski definition) is 1. The lowest BCUT2D eigenvalue weighted by Gasteiger charge is -2.26. The van der Waals surface area contributed by atoms with E-state index >= 15 is 0 Å². The van der Waals surface area contributed by atoms with Crippen molar-refractivity contribution in [2.45, 2.75) is 52.0 Å². The van der Waals surface area contributed by atoms with E-state index < -0.39 is 17.9 Å². The highest BCUT2D eigenvalue weighted by molar-refractivity contribution is 5.86. The van der Waals surface area contributed by atoms with Gasteiger partial charge in [0, 0.05) is 12.5 Å². The molecule has 1 heterocycles. The van der Waals surface area contributed by atoms with E-state index in [2.05, 4.69) is 0 Å². The molecular weight excluding hydrogens is 346 g/mol. The van der Waals surface area contributed by atoms with Crippen LogP contribution in [0.1, 0.15) is 45.1 Å². The second kappa shape index (κ2) is 10.1. The molecule has 0 unspecified atom stereocenters. The summed E-state index contributed by atoms with van der Waals surface area (Å²) in [5.41, 5.74) is 1.14. The van der Waals surface area contributed by atoms with Crippen molar-refractivity contribution in [3.63, 3.8) is 0 Å². The van der Waals surface area contributed by atoms with Crippen molar-refractivity contribution >= 4 is 17.8 Å². The molecule has 2 rings (SSSR count). The summed E-state index contributed by atoms with van der Waals surface area (Å²) >= 11 is 0.